The zero-order valence-electron chi connectivity index (χ0n) is 13.9. The van der Waals surface area contributed by atoms with E-state index < -0.39 is 0 Å². The molecule has 0 heterocycles. The Bertz CT molecular complexity index is 790. The minimum absolute atomic E-state index is 0.112. The molecule has 1 atom stereocenters. The number of carbonyl (C=O) groups is 2. The summed E-state index contributed by atoms with van der Waals surface area (Å²) in [4.78, 5) is 24.3. The third-order valence-electron chi connectivity index (χ3n) is 3.99. The van der Waals surface area contributed by atoms with Gasteiger partial charge in [-0.1, -0.05) is 29.8 Å². The minimum Gasteiger partial charge on any atom is -0.349 e. The summed E-state index contributed by atoms with van der Waals surface area (Å²) in [6.45, 7) is 1.88. The summed E-state index contributed by atoms with van der Waals surface area (Å²) >= 11 is 5.98. The van der Waals surface area contributed by atoms with Crippen molar-refractivity contribution in [3.05, 3.63) is 64.7 Å². The van der Waals surface area contributed by atoms with E-state index in [9.17, 15) is 9.59 Å². The molecule has 0 radical (unpaired) electrons. The topological polar surface area (TPSA) is 70.2 Å². The maximum atomic E-state index is 12.2. The van der Waals surface area contributed by atoms with Crippen molar-refractivity contribution in [2.24, 2.45) is 0 Å². The number of rotatable bonds is 5. The standard InChI is InChI=1S/C19H20ClN3O2/c1-12(13-4-2-6-15(20)10-13)21-19(25)23-17-7-3-5-14(11-17)18(24)22-16-8-9-16/h2-7,10-12,16H,8-9H2,1H3,(H,22,24)(H2,21,23,25)/t12-/m1/s1. The molecular weight excluding hydrogens is 338 g/mol. The van der Waals surface area contributed by atoms with Crippen molar-refractivity contribution in [3.8, 4) is 0 Å². The van der Waals surface area contributed by atoms with E-state index in [1.807, 2.05) is 25.1 Å². The first-order valence-corrected chi connectivity index (χ1v) is 8.63. The van der Waals surface area contributed by atoms with Crippen LogP contribution in [0.2, 0.25) is 5.02 Å². The molecular formula is C19H20ClN3O2. The van der Waals surface area contributed by atoms with Gasteiger partial charge in [0, 0.05) is 22.3 Å². The molecule has 2 aromatic carbocycles. The van der Waals surface area contributed by atoms with E-state index in [4.69, 9.17) is 11.6 Å². The Kier molecular flexibility index (Phi) is 5.24. The molecule has 130 valence electrons. The van der Waals surface area contributed by atoms with Crippen LogP contribution in [0, 0.1) is 0 Å². The first-order valence-electron chi connectivity index (χ1n) is 8.25. The number of hydrogen-bond acceptors (Lipinski definition) is 2. The predicted octanol–water partition coefficient (Wildman–Crippen LogP) is 4.11. The van der Waals surface area contributed by atoms with Crippen LogP contribution in [0.1, 0.15) is 41.7 Å². The zero-order chi connectivity index (χ0) is 17.8. The van der Waals surface area contributed by atoms with Gasteiger partial charge in [0.2, 0.25) is 0 Å². The Hall–Kier alpha value is -2.53. The lowest BCUT2D eigenvalue weighted by molar-refractivity contribution is 0.0951. The molecule has 6 heteroatoms. The monoisotopic (exact) mass is 357 g/mol. The van der Waals surface area contributed by atoms with Crippen LogP contribution in [0.4, 0.5) is 10.5 Å². The quantitative estimate of drug-likeness (QED) is 0.753. The van der Waals surface area contributed by atoms with Gasteiger partial charge < -0.3 is 16.0 Å². The highest BCUT2D eigenvalue weighted by molar-refractivity contribution is 6.30. The van der Waals surface area contributed by atoms with E-state index in [1.165, 1.54) is 0 Å². The van der Waals surface area contributed by atoms with Gasteiger partial charge in [0.25, 0.3) is 5.91 Å². The highest BCUT2D eigenvalue weighted by Crippen LogP contribution is 2.20. The molecule has 5 nitrogen and oxygen atoms in total. The molecule has 2 aromatic rings. The van der Waals surface area contributed by atoms with Crippen molar-refractivity contribution in [2.45, 2.75) is 31.8 Å². The molecule has 3 rings (SSSR count). The second-order valence-electron chi connectivity index (χ2n) is 6.20. The van der Waals surface area contributed by atoms with Gasteiger partial charge in [-0.15, -0.1) is 0 Å². The maximum absolute atomic E-state index is 12.2. The number of carbonyl (C=O) groups excluding carboxylic acids is 2. The molecule has 0 aromatic heterocycles. The molecule has 1 aliphatic rings. The number of urea groups is 1. The lowest BCUT2D eigenvalue weighted by atomic mass is 10.1. The minimum atomic E-state index is -0.341. The van der Waals surface area contributed by atoms with Gasteiger partial charge in [-0.25, -0.2) is 4.79 Å². The molecule has 3 N–H and O–H groups in total. The predicted molar refractivity (Wildman–Crippen MR) is 99.0 cm³/mol. The Morgan fingerprint density at radius 3 is 2.60 bits per heavy atom. The number of nitrogens with one attached hydrogen (secondary N) is 3. The maximum Gasteiger partial charge on any atom is 0.319 e. The smallest absolute Gasteiger partial charge is 0.319 e. The summed E-state index contributed by atoms with van der Waals surface area (Å²) in [6, 6.07) is 14.0. The fourth-order valence-corrected chi connectivity index (χ4v) is 2.66. The Labute approximate surface area is 151 Å². The van der Waals surface area contributed by atoms with E-state index in [2.05, 4.69) is 16.0 Å². The summed E-state index contributed by atoms with van der Waals surface area (Å²) in [5.41, 5.74) is 2.02. The zero-order valence-corrected chi connectivity index (χ0v) is 14.6. The van der Waals surface area contributed by atoms with Crippen molar-refractivity contribution in [2.75, 3.05) is 5.32 Å². The largest absolute Gasteiger partial charge is 0.349 e. The van der Waals surface area contributed by atoms with Gasteiger partial charge in [-0.05, 0) is 55.7 Å². The van der Waals surface area contributed by atoms with Crippen molar-refractivity contribution in [3.63, 3.8) is 0 Å². The van der Waals surface area contributed by atoms with Crippen LogP contribution in [0.25, 0.3) is 0 Å². The third-order valence-corrected chi connectivity index (χ3v) is 4.23. The normalized spacial score (nSPS) is 14.5. The van der Waals surface area contributed by atoms with Crippen LogP contribution in [0.15, 0.2) is 48.5 Å². The van der Waals surface area contributed by atoms with Crippen LogP contribution in [-0.4, -0.2) is 18.0 Å². The van der Waals surface area contributed by atoms with Gasteiger partial charge in [-0.3, -0.25) is 4.79 Å². The fraction of sp³-hybridized carbons (Fsp3) is 0.263. The van der Waals surface area contributed by atoms with Crippen LogP contribution >= 0.6 is 11.6 Å². The number of benzene rings is 2. The molecule has 3 amide bonds. The van der Waals surface area contributed by atoms with E-state index in [0.717, 1.165) is 18.4 Å². The van der Waals surface area contributed by atoms with Crippen molar-refractivity contribution < 1.29 is 9.59 Å². The first kappa shape index (κ1) is 17.3. The Morgan fingerprint density at radius 2 is 1.88 bits per heavy atom. The van der Waals surface area contributed by atoms with Gasteiger partial charge in [-0.2, -0.15) is 0 Å². The molecule has 0 aliphatic heterocycles. The number of amides is 3. The second-order valence-corrected chi connectivity index (χ2v) is 6.64. The van der Waals surface area contributed by atoms with Crippen molar-refractivity contribution in [1.29, 1.82) is 0 Å². The SMILES string of the molecule is C[C@@H](NC(=O)Nc1cccc(C(=O)NC2CC2)c1)c1cccc(Cl)c1. The van der Waals surface area contributed by atoms with E-state index in [-0.39, 0.29) is 18.0 Å². The summed E-state index contributed by atoms with van der Waals surface area (Å²) in [5, 5.41) is 9.17. The highest BCUT2D eigenvalue weighted by atomic mass is 35.5. The molecule has 0 bridgehead atoms. The molecule has 1 saturated carbocycles. The molecule has 0 unspecified atom stereocenters. The van der Waals surface area contributed by atoms with E-state index in [1.54, 1.807) is 30.3 Å². The average molecular weight is 358 g/mol. The summed E-state index contributed by atoms with van der Waals surface area (Å²) in [6.07, 6.45) is 2.07. The van der Waals surface area contributed by atoms with Crippen molar-refractivity contribution >= 4 is 29.2 Å². The van der Waals surface area contributed by atoms with Gasteiger partial charge in [0.15, 0.2) is 0 Å². The van der Waals surface area contributed by atoms with Crippen LogP contribution in [-0.2, 0) is 0 Å². The summed E-state index contributed by atoms with van der Waals surface area (Å²) in [7, 11) is 0. The van der Waals surface area contributed by atoms with Gasteiger partial charge in [0.05, 0.1) is 6.04 Å². The van der Waals surface area contributed by atoms with Crippen molar-refractivity contribution in [1.82, 2.24) is 10.6 Å². The molecule has 0 saturated heterocycles. The molecule has 1 fully saturated rings. The van der Waals surface area contributed by atoms with Gasteiger partial charge in [0.1, 0.15) is 0 Å². The van der Waals surface area contributed by atoms with Crippen LogP contribution in [0.3, 0.4) is 0 Å². The molecule has 1 aliphatic carbocycles. The lowest BCUT2D eigenvalue weighted by Gasteiger charge is -2.15. The summed E-state index contributed by atoms with van der Waals surface area (Å²) < 4.78 is 0. The fourth-order valence-electron chi connectivity index (χ4n) is 2.46. The Morgan fingerprint density at radius 1 is 1.12 bits per heavy atom. The number of hydrogen-bond donors (Lipinski definition) is 3. The van der Waals surface area contributed by atoms with Gasteiger partial charge >= 0.3 is 6.03 Å². The van der Waals surface area contributed by atoms with Crippen LogP contribution in [0.5, 0.6) is 0 Å². The number of anilines is 1. The number of halogens is 1. The van der Waals surface area contributed by atoms with E-state index in [0.29, 0.717) is 22.3 Å². The third kappa shape index (κ3) is 4.97. The first-order chi connectivity index (χ1) is 12.0. The highest BCUT2D eigenvalue weighted by Gasteiger charge is 2.23. The second kappa shape index (κ2) is 7.57. The summed E-state index contributed by atoms with van der Waals surface area (Å²) in [5.74, 6) is -0.112. The lowest BCUT2D eigenvalue weighted by Crippen LogP contribution is -2.31. The molecule has 25 heavy (non-hydrogen) atoms. The Balaban J connectivity index is 1.59. The van der Waals surface area contributed by atoms with E-state index >= 15 is 0 Å². The average Bonchev–Trinajstić information content (AvgIpc) is 3.39. The molecule has 0 spiro atoms. The van der Waals surface area contributed by atoms with Crippen LogP contribution < -0.4 is 16.0 Å².